The van der Waals surface area contributed by atoms with Gasteiger partial charge in [0.15, 0.2) is 11.5 Å². The standard InChI is InChI=1S/C19H21N3O3/c1-12-21-15-6-5-14(11-16(15)22-12)19(23)20-9-8-13-4-7-17(24-2)18(10-13)25-3/h4-7,10-11H,8-9H2,1-3H3,(H,20,23)(H,21,22). The van der Waals surface area contributed by atoms with E-state index in [0.717, 1.165) is 22.4 Å². The molecular weight excluding hydrogens is 318 g/mol. The summed E-state index contributed by atoms with van der Waals surface area (Å²) in [7, 11) is 3.21. The number of nitrogens with one attached hydrogen (secondary N) is 2. The predicted molar refractivity (Wildman–Crippen MR) is 96.4 cm³/mol. The van der Waals surface area contributed by atoms with Crippen molar-refractivity contribution in [3.05, 3.63) is 53.3 Å². The van der Waals surface area contributed by atoms with Crippen molar-refractivity contribution in [1.29, 1.82) is 0 Å². The molecule has 0 aliphatic heterocycles. The van der Waals surface area contributed by atoms with Gasteiger partial charge in [0.25, 0.3) is 5.91 Å². The van der Waals surface area contributed by atoms with Crippen LogP contribution in [0.2, 0.25) is 0 Å². The normalized spacial score (nSPS) is 10.7. The van der Waals surface area contributed by atoms with Gasteiger partial charge in [-0.05, 0) is 49.2 Å². The maximum Gasteiger partial charge on any atom is 0.251 e. The van der Waals surface area contributed by atoms with Gasteiger partial charge in [0.2, 0.25) is 0 Å². The van der Waals surface area contributed by atoms with Crippen LogP contribution in [0.5, 0.6) is 11.5 Å². The molecule has 6 nitrogen and oxygen atoms in total. The maximum absolute atomic E-state index is 12.3. The minimum Gasteiger partial charge on any atom is -0.493 e. The minimum atomic E-state index is -0.108. The Bertz CT molecular complexity index is 902. The highest BCUT2D eigenvalue weighted by Gasteiger charge is 2.09. The molecule has 25 heavy (non-hydrogen) atoms. The number of nitrogens with zero attached hydrogens (tertiary/aromatic N) is 1. The molecule has 2 N–H and O–H groups in total. The first kappa shape index (κ1) is 16.8. The van der Waals surface area contributed by atoms with Gasteiger partial charge in [0.1, 0.15) is 5.82 Å². The summed E-state index contributed by atoms with van der Waals surface area (Å²) in [5.41, 5.74) is 3.40. The molecule has 6 heteroatoms. The van der Waals surface area contributed by atoms with E-state index in [1.54, 1.807) is 26.4 Å². The summed E-state index contributed by atoms with van der Waals surface area (Å²) >= 11 is 0. The van der Waals surface area contributed by atoms with Crippen molar-refractivity contribution in [3.63, 3.8) is 0 Å². The summed E-state index contributed by atoms with van der Waals surface area (Å²) in [5, 5.41) is 2.94. The van der Waals surface area contributed by atoms with Crippen LogP contribution >= 0.6 is 0 Å². The van der Waals surface area contributed by atoms with Crippen molar-refractivity contribution in [2.24, 2.45) is 0 Å². The molecule has 0 fully saturated rings. The van der Waals surface area contributed by atoms with Crippen LogP contribution in [0.15, 0.2) is 36.4 Å². The average molecular weight is 339 g/mol. The average Bonchev–Trinajstić information content (AvgIpc) is 3.00. The highest BCUT2D eigenvalue weighted by Crippen LogP contribution is 2.27. The van der Waals surface area contributed by atoms with Gasteiger partial charge < -0.3 is 19.8 Å². The SMILES string of the molecule is COc1ccc(CCNC(=O)c2ccc3[nH]c(C)nc3c2)cc1OC. The third-order valence-electron chi connectivity index (χ3n) is 4.01. The fourth-order valence-corrected chi connectivity index (χ4v) is 2.73. The van der Waals surface area contributed by atoms with E-state index in [1.165, 1.54) is 0 Å². The Morgan fingerprint density at radius 3 is 2.68 bits per heavy atom. The number of H-pyrrole nitrogens is 1. The maximum atomic E-state index is 12.3. The summed E-state index contributed by atoms with van der Waals surface area (Å²) in [4.78, 5) is 19.8. The van der Waals surface area contributed by atoms with Crippen LogP contribution < -0.4 is 14.8 Å². The summed E-state index contributed by atoms with van der Waals surface area (Å²) in [6.07, 6.45) is 0.704. The lowest BCUT2D eigenvalue weighted by atomic mass is 10.1. The van der Waals surface area contributed by atoms with Crippen molar-refractivity contribution >= 4 is 16.9 Å². The number of ether oxygens (including phenoxy) is 2. The van der Waals surface area contributed by atoms with E-state index in [-0.39, 0.29) is 5.91 Å². The molecule has 3 aromatic rings. The molecule has 3 rings (SSSR count). The van der Waals surface area contributed by atoms with Gasteiger partial charge in [-0.25, -0.2) is 4.98 Å². The first-order valence-corrected chi connectivity index (χ1v) is 8.06. The lowest BCUT2D eigenvalue weighted by Crippen LogP contribution is -2.25. The zero-order valence-electron chi connectivity index (χ0n) is 14.6. The molecule has 0 unspecified atom stereocenters. The van der Waals surface area contributed by atoms with Crippen molar-refractivity contribution in [2.75, 3.05) is 20.8 Å². The molecule has 1 amide bonds. The van der Waals surface area contributed by atoms with Crippen molar-refractivity contribution < 1.29 is 14.3 Å². The van der Waals surface area contributed by atoms with Crippen molar-refractivity contribution in [2.45, 2.75) is 13.3 Å². The van der Waals surface area contributed by atoms with Crippen LogP contribution in [-0.4, -0.2) is 36.6 Å². The van der Waals surface area contributed by atoms with Crippen LogP contribution in [0.4, 0.5) is 0 Å². The fraction of sp³-hybridized carbons (Fsp3) is 0.263. The van der Waals surface area contributed by atoms with Gasteiger partial charge in [0.05, 0.1) is 25.3 Å². The topological polar surface area (TPSA) is 76.2 Å². The van der Waals surface area contributed by atoms with Gasteiger partial charge in [-0.1, -0.05) is 6.07 Å². The molecule has 1 heterocycles. The monoisotopic (exact) mass is 339 g/mol. The fourth-order valence-electron chi connectivity index (χ4n) is 2.73. The number of fused-ring (bicyclic) bond motifs is 1. The largest absolute Gasteiger partial charge is 0.493 e. The Balaban J connectivity index is 1.61. The van der Waals surface area contributed by atoms with E-state index in [0.29, 0.717) is 30.0 Å². The number of imidazole rings is 1. The second kappa shape index (κ2) is 7.25. The van der Waals surface area contributed by atoms with Crippen molar-refractivity contribution in [3.8, 4) is 11.5 Å². The first-order chi connectivity index (χ1) is 12.1. The number of aryl methyl sites for hydroxylation is 1. The van der Waals surface area contributed by atoms with Gasteiger partial charge in [-0.2, -0.15) is 0 Å². The number of hydrogen-bond acceptors (Lipinski definition) is 4. The van der Waals surface area contributed by atoms with Gasteiger partial charge in [0, 0.05) is 12.1 Å². The molecular formula is C19H21N3O3. The van der Waals surface area contributed by atoms with E-state index >= 15 is 0 Å². The smallest absolute Gasteiger partial charge is 0.251 e. The number of rotatable bonds is 6. The van der Waals surface area contributed by atoms with Crippen LogP contribution in [-0.2, 0) is 6.42 Å². The molecule has 1 aromatic heterocycles. The molecule has 0 radical (unpaired) electrons. The number of hydrogen-bond donors (Lipinski definition) is 2. The zero-order chi connectivity index (χ0) is 17.8. The molecule has 130 valence electrons. The molecule has 2 aromatic carbocycles. The van der Waals surface area contributed by atoms with E-state index in [9.17, 15) is 4.79 Å². The lowest BCUT2D eigenvalue weighted by molar-refractivity contribution is 0.0954. The quantitative estimate of drug-likeness (QED) is 0.724. The van der Waals surface area contributed by atoms with Crippen LogP contribution in [0.25, 0.3) is 11.0 Å². The van der Waals surface area contributed by atoms with Crippen molar-refractivity contribution in [1.82, 2.24) is 15.3 Å². The van der Waals surface area contributed by atoms with Crippen LogP contribution in [0.3, 0.4) is 0 Å². The van der Waals surface area contributed by atoms with E-state index in [1.807, 2.05) is 31.2 Å². The summed E-state index contributed by atoms with van der Waals surface area (Å²) in [5.74, 6) is 2.10. The lowest BCUT2D eigenvalue weighted by Gasteiger charge is -2.10. The number of amides is 1. The summed E-state index contributed by atoms with van der Waals surface area (Å²) < 4.78 is 10.5. The molecule has 0 saturated heterocycles. The number of benzene rings is 2. The predicted octanol–water partition coefficient (Wildman–Crippen LogP) is 2.86. The highest BCUT2D eigenvalue weighted by molar-refractivity contribution is 5.97. The summed E-state index contributed by atoms with van der Waals surface area (Å²) in [6.45, 7) is 2.43. The second-order valence-corrected chi connectivity index (χ2v) is 5.75. The zero-order valence-corrected chi connectivity index (χ0v) is 14.6. The first-order valence-electron chi connectivity index (χ1n) is 8.06. The number of aromatic nitrogens is 2. The molecule has 0 aliphatic carbocycles. The summed E-state index contributed by atoms with van der Waals surface area (Å²) in [6, 6.07) is 11.2. The van der Waals surface area contributed by atoms with Crippen LogP contribution in [0.1, 0.15) is 21.7 Å². The molecule has 0 bridgehead atoms. The third kappa shape index (κ3) is 3.74. The Morgan fingerprint density at radius 2 is 1.92 bits per heavy atom. The van der Waals surface area contributed by atoms with E-state index in [4.69, 9.17) is 9.47 Å². The van der Waals surface area contributed by atoms with Crippen LogP contribution in [0, 0.1) is 6.92 Å². The Morgan fingerprint density at radius 1 is 1.12 bits per heavy atom. The number of aromatic amines is 1. The number of methoxy groups -OCH3 is 2. The minimum absolute atomic E-state index is 0.108. The second-order valence-electron chi connectivity index (χ2n) is 5.75. The third-order valence-corrected chi connectivity index (χ3v) is 4.01. The molecule has 0 aliphatic rings. The number of carbonyl (C=O) groups is 1. The van der Waals surface area contributed by atoms with E-state index in [2.05, 4.69) is 15.3 Å². The molecule has 0 saturated carbocycles. The Labute approximate surface area is 146 Å². The molecule has 0 spiro atoms. The molecule has 0 atom stereocenters. The van der Waals surface area contributed by atoms with Gasteiger partial charge >= 0.3 is 0 Å². The Hall–Kier alpha value is -3.02. The van der Waals surface area contributed by atoms with Gasteiger partial charge in [-0.15, -0.1) is 0 Å². The Kier molecular flexibility index (Phi) is 4.88. The number of carbonyl (C=O) groups excluding carboxylic acids is 1. The van der Waals surface area contributed by atoms with E-state index < -0.39 is 0 Å². The highest BCUT2D eigenvalue weighted by atomic mass is 16.5. The van der Waals surface area contributed by atoms with Gasteiger partial charge in [-0.3, -0.25) is 4.79 Å².